The van der Waals surface area contributed by atoms with Gasteiger partial charge in [0.15, 0.2) is 5.82 Å². The zero-order chi connectivity index (χ0) is 23.0. The number of likely N-dealkylation sites (N-methyl/N-ethyl adjacent to an activating group) is 1. The molecule has 0 spiro atoms. The number of carbonyl (C=O) groups is 1. The van der Waals surface area contributed by atoms with Crippen LogP contribution in [0.25, 0.3) is 0 Å². The fraction of sp³-hybridized carbons (Fsp3) is 0.409. The summed E-state index contributed by atoms with van der Waals surface area (Å²) in [6.45, 7) is 8.46. The number of amides is 1. The van der Waals surface area contributed by atoms with Crippen LogP contribution >= 0.6 is 0 Å². The first-order valence-electron chi connectivity index (χ1n) is 10.5. The quantitative estimate of drug-likeness (QED) is 0.610. The number of nitrogens with zero attached hydrogens (tertiary/aromatic N) is 6. The highest BCUT2D eigenvalue weighted by Gasteiger charge is 2.35. The van der Waals surface area contributed by atoms with Crippen LogP contribution in [0.2, 0.25) is 0 Å². The molecule has 3 aromatic heterocycles. The summed E-state index contributed by atoms with van der Waals surface area (Å²) in [4.78, 5) is 27.8. The summed E-state index contributed by atoms with van der Waals surface area (Å²) in [5.74, 6) is 0.970. The van der Waals surface area contributed by atoms with Crippen LogP contribution in [-0.2, 0) is 17.9 Å². The SMILES string of the molecule is Cc1nc(Cn2cc(CNc3nc(C)c4c(n3)N(C)C(C(C)C)C(=O)N4)cn2)ccc1F. The van der Waals surface area contributed by atoms with Gasteiger partial charge < -0.3 is 15.5 Å². The maximum atomic E-state index is 13.4. The van der Waals surface area contributed by atoms with E-state index in [0.29, 0.717) is 41.9 Å². The molecule has 0 bridgehead atoms. The summed E-state index contributed by atoms with van der Waals surface area (Å²) in [6, 6.07) is 2.79. The van der Waals surface area contributed by atoms with Crippen molar-refractivity contribution in [3.63, 3.8) is 0 Å². The van der Waals surface area contributed by atoms with Crippen LogP contribution in [0, 0.1) is 25.6 Å². The minimum absolute atomic E-state index is 0.0411. The second kappa shape index (κ2) is 8.52. The van der Waals surface area contributed by atoms with Crippen LogP contribution in [0.5, 0.6) is 0 Å². The van der Waals surface area contributed by atoms with Crippen molar-refractivity contribution in [2.75, 3.05) is 22.6 Å². The highest BCUT2D eigenvalue weighted by atomic mass is 19.1. The normalized spacial score (nSPS) is 15.7. The molecule has 1 atom stereocenters. The molecule has 32 heavy (non-hydrogen) atoms. The number of nitrogens with one attached hydrogen (secondary N) is 2. The van der Waals surface area contributed by atoms with Crippen molar-refractivity contribution in [3.8, 4) is 0 Å². The van der Waals surface area contributed by atoms with Gasteiger partial charge in [0.1, 0.15) is 17.5 Å². The Labute approximate surface area is 186 Å². The van der Waals surface area contributed by atoms with E-state index in [1.165, 1.54) is 6.07 Å². The molecule has 2 N–H and O–H groups in total. The molecule has 0 aliphatic carbocycles. The van der Waals surface area contributed by atoms with Crippen LogP contribution in [0.4, 0.5) is 21.8 Å². The lowest BCUT2D eigenvalue weighted by Gasteiger charge is -2.36. The molecule has 10 heteroatoms. The van der Waals surface area contributed by atoms with Gasteiger partial charge in [0, 0.05) is 25.4 Å². The monoisotopic (exact) mass is 438 g/mol. The zero-order valence-corrected chi connectivity index (χ0v) is 18.8. The summed E-state index contributed by atoms with van der Waals surface area (Å²) in [6.07, 6.45) is 3.66. The minimum Gasteiger partial charge on any atom is -0.350 e. The molecule has 168 valence electrons. The number of carbonyl (C=O) groups excluding carboxylic acids is 1. The van der Waals surface area contributed by atoms with E-state index in [1.807, 2.05) is 38.9 Å². The van der Waals surface area contributed by atoms with E-state index >= 15 is 0 Å². The molecule has 0 aromatic carbocycles. The number of pyridine rings is 1. The smallest absolute Gasteiger partial charge is 0.247 e. The average Bonchev–Trinajstić information content (AvgIpc) is 3.17. The van der Waals surface area contributed by atoms with E-state index in [-0.39, 0.29) is 23.7 Å². The van der Waals surface area contributed by atoms with Crippen molar-refractivity contribution in [1.82, 2.24) is 24.7 Å². The average molecular weight is 439 g/mol. The minimum atomic E-state index is -0.315. The summed E-state index contributed by atoms with van der Waals surface area (Å²) in [5.41, 5.74) is 3.41. The zero-order valence-electron chi connectivity index (χ0n) is 18.8. The van der Waals surface area contributed by atoms with E-state index in [2.05, 4.69) is 30.7 Å². The van der Waals surface area contributed by atoms with E-state index in [4.69, 9.17) is 0 Å². The summed E-state index contributed by atoms with van der Waals surface area (Å²) >= 11 is 0. The fourth-order valence-corrected chi connectivity index (χ4v) is 3.91. The first-order valence-corrected chi connectivity index (χ1v) is 10.5. The molecule has 1 amide bonds. The molecule has 1 aliphatic rings. The number of hydrogen-bond donors (Lipinski definition) is 2. The van der Waals surface area contributed by atoms with Crippen molar-refractivity contribution in [3.05, 3.63) is 53.0 Å². The second-order valence-electron chi connectivity index (χ2n) is 8.39. The van der Waals surface area contributed by atoms with Gasteiger partial charge in [-0.25, -0.2) is 9.37 Å². The predicted molar refractivity (Wildman–Crippen MR) is 120 cm³/mol. The Morgan fingerprint density at radius 3 is 2.69 bits per heavy atom. The van der Waals surface area contributed by atoms with Crippen molar-refractivity contribution >= 4 is 23.4 Å². The van der Waals surface area contributed by atoms with Gasteiger partial charge in [-0.1, -0.05) is 13.8 Å². The van der Waals surface area contributed by atoms with Crippen molar-refractivity contribution in [1.29, 1.82) is 0 Å². The molecule has 3 aromatic rings. The summed E-state index contributed by atoms with van der Waals surface area (Å²) in [5, 5.41) is 10.5. The third kappa shape index (κ3) is 4.25. The fourth-order valence-electron chi connectivity index (χ4n) is 3.91. The third-order valence-electron chi connectivity index (χ3n) is 5.51. The van der Waals surface area contributed by atoms with E-state index in [0.717, 1.165) is 11.3 Å². The molecule has 4 heterocycles. The van der Waals surface area contributed by atoms with Crippen LogP contribution in [0.3, 0.4) is 0 Å². The van der Waals surface area contributed by atoms with Gasteiger partial charge in [-0.2, -0.15) is 10.1 Å². The van der Waals surface area contributed by atoms with E-state index < -0.39 is 0 Å². The number of rotatable bonds is 6. The van der Waals surface area contributed by atoms with Gasteiger partial charge in [0.25, 0.3) is 0 Å². The molecule has 1 aliphatic heterocycles. The molecule has 0 saturated carbocycles. The van der Waals surface area contributed by atoms with Gasteiger partial charge in [0.05, 0.1) is 29.8 Å². The van der Waals surface area contributed by atoms with Crippen LogP contribution in [-0.4, -0.2) is 43.7 Å². The predicted octanol–water partition coefficient (Wildman–Crippen LogP) is 2.90. The maximum absolute atomic E-state index is 13.4. The first kappa shape index (κ1) is 21.7. The highest BCUT2D eigenvalue weighted by Crippen LogP contribution is 2.34. The number of aromatic nitrogens is 5. The topological polar surface area (TPSA) is 101 Å². The molecule has 1 unspecified atom stereocenters. The van der Waals surface area contributed by atoms with E-state index in [9.17, 15) is 9.18 Å². The molecule has 4 rings (SSSR count). The Bertz CT molecular complexity index is 1160. The molecule has 9 nitrogen and oxygen atoms in total. The lowest BCUT2D eigenvalue weighted by molar-refractivity contribution is -0.118. The molecular weight excluding hydrogens is 411 g/mol. The lowest BCUT2D eigenvalue weighted by Crippen LogP contribution is -2.49. The molecule has 0 fully saturated rings. The Morgan fingerprint density at radius 1 is 1.19 bits per heavy atom. The Kier molecular flexibility index (Phi) is 5.77. The summed E-state index contributed by atoms with van der Waals surface area (Å²) in [7, 11) is 1.88. The van der Waals surface area contributed by atoms with Crippen molar-refractivity contribution < 1.29 is 9.18 Å². The molecule has 0 saturated heterocycles. The van der Waals surface area contributed by atoms with Crippen LogP contribution in [0.15, 0.2) is 24.5 Å². The maximum Gasteiger partial charge on any atom is 0.247 e. The third-order valence-corrected chi connectivity index (χ3v) is 5.51. The number of hydrogen-bond acceptors (Lipinski definition) is 7. The van der Waals surface area contributed by atoms with Gasteiger partial charge in [-0.3, -0.25) is 14.5 Å². The van der Waals surface area contributed by atoms with Crippen LogP contribution in [0.1, 0.15) is 36.5 Å². The number of fused-ring (bicyclic) bond motifs is 1. The number of aryl methyl sites for hydroxylation is 2. The Hall–Kier alpha value is -3.56. The van der Waals surface area contributed by atoms with Gasteiger partial charge in [-0.05, 0) is 31.9 Å². The molecule has 0 radical (unpaired) electrons. The summed E-state index contributed by atoms with van der Waals surface area (Å²) < 4.78 is 15.2. The lowest BCUT2D eigenvalue weighted by atomic mass is 9.99. The van der Waals surface area contributed by atoms with Crippen LogP contribution < -0.4 is 15.5 Å². The Balaban J connectivity index is 1.46. The van der Waals surface area contributed by atoms with Crippen molar-refractivity contribution in [2.45, 2.75) is 46.8 Å². The van der Waals surface area contributed by atoms with Crippen molar-refractivity contribution in [2.24, 2.45) is 5.92 Å². The largest absolute Gasteiger partial charge is 0.350 e. The standard InChI is InChI=1S/C22H27FN8O/c1-12(2)19-21(32)28-18-14(4)27-22(29-20(18)30(19)5)24-8-15-9-25-31(10-15)11-16-6-7-17(23)13(3)26-16/h6-7,9-10,12,19H,8,11H2,1-5H3,(H,28,32)(H,24,27,29). The first-order chi connectivity index (χ1) is 15.2. The highest BCUT2D eigenvalue weighted by molar-refractivity contribution is 6.03. The van der Waals surface area contributed by atoms with Gasteiger partial charge in [0.2, 0.25) is 11.9 Å². The van der Waals surface area contributed by atoms with Gasteiger partial charge >= 0.3 is 0 Å². The van der Waals surface area contributed by atoms with Gasteiger partial charge in [-0.15, -0.1) is 0 Å². The molecular formula is C22H27FN8O. The second-order valence-corrected chi connectivity index (χ2v) is 8.39. The van der Waals surface area contributed by atoms with E-state index in [1.54, 1.807) is 23.9 Å². The number of anilines is 3. The number of halogens is 1. The Morgan fingerprint density at radius 2 is 1.97 bits per heavy atom.